The van der Waals surface area contributed by atoms with Crippen LogP contribution in [0.25, 0.3) is 0 Å². The number of nitrogens with zero attached hydrogens (tertiary/aromatic N) is 2. The molecule has 0 aromatic heterocycles. The number of carbonyl (C=O) groups excluding carboxylic acids is 2. The SMILES string of the molecule is Cc1cccc(NC(=O)CCN2C(=O)C3C=CC=CC3=NC2=S)c1. The highest BCUT2D eigenvalue weighted by Gasteiger charge is 2.33. The van der Waals surface area contributed by atoms with Gasteiger partial charge in [0.1, 0.15) is 0 Å². The van der Waals surface area contributed by atoms with E-state index in [-0.39, 0.29) is 29.9 Å². The molecule has 0 bridgehead atoms. The zero-order valence-electron chi connectivity index (χ0n) is 13.2. The first-order valence-corrected chi connectivity index (χ1v) is 8.11. The maximum Gasteiger partial charge on any atom is 0.241 e. The third-order valence-electron chi connectivity index (χ3n) is 3.85. The maximum atomic E-state index is 12.5. The molecule has 0 saturated heterocycles. The smallest absolute Gasteiger partial charge is 0.241 e. The number of carbonyl (C=O) groups is 2. The molecule has 1 aliphatic carbocycles. The van der Waals surface area contributed by atoms with E-state index in [0.29, 0.717) is 5.71 Å². The van der Waals surface area contributed by atoms with Crippen molar-refractivity contribution in [3.8, 4) is 0 Å². The Bertz CT molecular complexity index is 795. The summed E-state index contributed by atoms with van der Waals surface area (Å²) < 4.78 is 0. The average Bonchev–Trinajstić information content (AvgIpc) is 2.54. The van der Waals surface area contributed by atoms with Gasteiger partial charge in [-0.05, 0) is 42.9 Å². The Balaban J connectivity index is 1.62. The number of allylic oxidation sites excluding steroid dienone is 3. The van der Waals surface area contributed by atoms with Gasteiger partial charge in [-0.25, -0.2) is 4.99 Å². The van der Waals surface area contributed by atoms with Crippen LogP contribution in [0.1, 0.15) is 12.0 Å². The second-order valence-electron chi connectivity index (χ2n) is 5.70. The van der Waals surface area contributed by atoms with E-state index in [2.05, 4.69) is 10.3 Å². The lowest BCUT2D eigenvalue weighted by Gasteiger charge is -2.30. The molecule has 1 aromatic carbocycles. The van der Waals surface area contributed by atoms with Crippen molar-refractivity contribution in [1.82, 2.24) is 4.90 Å². The molecule has 122 valence electrons. The van der Waals surface area contributed by atoms with Gasteiger partial charge in [0.2, 0.25) is 16.9 Å². The van der Waals surface area contributed by atoms with Crippen molar-refractivity contribution in [3.63, 3.8) is 0 Å². The standard InChI is InChI=1S/C18H17N3O2S/c1-12-5-4-6-13(11-12)19-16(22)9-10-21-17(23)14-7-2-3-8-15(14)20-18(21)24/h2-8,11,14H,9-10H2,1H3,(H,19,22). The summed E-state index contributed by atoms with van der Waals surface area (Å²) in [6.07, 6.45) is 7.39. The van der Waals surface area contributed by atoms with Crippen molar-refractivity contribution in [2.45, 2.75) is 13.3 Å². The van der Waals surface area contributed by atoms with Gasteiger partial charge in [0.15, 0.2) is 0 Å². The Kier molecular flexibility index (Phi) is 4.66. The van der Waals surface area contributed by atoms with Crippen LogP contribution in [0.15, 0.2) is 53.6 Å². The summed E-state index contributed by atoms with van der Waals surface area (Å²) in [5, 5.41) is 3.04. The Labute approximate surface area is 145 Å². The first-order chi connectivity index (χ1) is 11.5. The molecule has 5 nitrogen and oxygen atoms in total. The van der Waals surface area contributed by atoms with Crippen LogP contribution in [-0.4, -0.2) is 34.1 Å². The largest absolute Gasteiger partial charge is 0.326 e. The maximum absolute atomic E-state index is 12.5. The molecule has 1 aliphatic heterocycles. The molecule has 0 saturated carbocycles. The molecule has 1 aromatic rings. The zero-order valence-corrected chi connectivity index (χ0v) is 14.0. The third kappa shape index (κ3) is 3.49. The van der Waals surface area contributed by atoms with E-state index in [1.165, 1.54) is 4.90 Å². The van der Waals surface area contributed by atoms with E-state index < -0.39 is 5.92 Å². The van der Waals surface area contributed by atoms with E-state index in [1.807, 2.05) is 43.3 Å². The molecule has 3 rings (SSSR count). The Morgan fingerprint density at radius 3 is 3.00 bits per heavy atom. The van der Waals surface area contributed by atoms with Crippen molar-refractivity contribution in [3.05, 3.63) is 54.1 Å². The lowest BCUT2D eigenvalue weighted by molar-refractivity contribution is -0.128. The highest BCUT2D eigenvalue weighted by atomic mass is 32.1. The number of fused-ring (bicyclic) bond motifs is 1. The predicted octanol–water partition coefficient (Wildman–Crippen LogP) is 2.63. The molecule has 1 unspecified atom stereocenters. The summed E-state index contributed by atoms with van der Waals surface area (Å²) in [4.78, 5) is 30.3. The van der Waals surface area contributed by atoms with Crippen LogP contribution < -0.4 is 5.32 Å². The first-order valence-electron chi connectivity index (χ1n) is 7.70. The monoisotopic (exact) mass is 339 g/mol. The van der Waals surface area contributed by atoms with Gasteiger partial charge >= 0.3 is 0 Å². The number of amides is 2. The van der Waals surface area contributed by atoms with Crippen molar-refractivity contribution in [2.75, 3.05) is 11.9 Å². The summed E-state index contributed by atoms with van der Waals surface area (Å²) in [6.45, 7) is 2.18. The van der Waals surface area contributed by atoms with Gasteiger partial charge in [-0.15, -0.1) is 0 Å². The van der Waals surface area contributed by atoms with Crippen molar-refractivity contribution in [1.29, 1.82) is 0 Å². The minimum absolute atomic E-state index is 0.131. The quantitative estimate of drug-likeness (QED) is 0.858. The van der Waals surface area contributed by atoms with E-state index in [1.54, 1.807) is 12.2 Å². The van der Waals surface area contributed by atoms with Gasteiger partial charge in [0.05, 0.1) is 11.6 Å². The van der Waals surface area contributed by atoms with Crippen LogP contribution >= 0.6 is 12.2 Å². The summed E-state index contributed by atoms with van der Waals surface area (Å²) >= 11 is 5.20. The van der Waals surface area contributed by atoms with Gasteiger partial charge in [0.25, 0.3) is 0 Å². The number of benzene rings is 1. The number of rotatable bonds is 4. The molecular weight excluding hydrogens is 322 g/mol. The van der Waals surface area contributed by atoms with Crippen LogP contribution in [-0.2, 0) is 9.59 Å². The Morgan fingerprint density at radius 1 is 1.38 bits per heavy atom. The molecule has 2 aliphatic rings. The van der Waals surface area contributed by atoms with Gasteiger partial charge in [-0.1, -0.05) is 30.4 Å². The van der Waals surface area contributed by atoms with Crippen LogP contribution in [0.4, 0.5) is 5.69 Å². The zero-order chi connectivity index (χ0) is 17.1. The van der Waals surface area contributed by atoms with Gasteiger partial charge in [0, 0.05) is 18.7 Å². The molecular formula is C18H17N3O2S. The number of anilines is 1. The summed E-state index contributed by atoms with van der Waals surface area (Å²) in [6, 6.07) is 7.57. The fourth-order valence-corrected chi connectivity index (χ4v) is 2.93. The van der Waals surface area contributed by atoms with Crippen molar-refractivity contribution < 1.29 is 9.59 Å². The van der Waals surface area contributed by atoms with E-state index in [0.717, 1.165) is 11.3 Å². The fraction of sp³-hybridized carbons (Fsp3) is 0.222. The minimum Gasteiger partial charge on any atom is -0.326 e. The number of aryl methyl sites for hydroxylation is 1. The second kappa shape index (κ2) is 6.88. The van der Waals surface area contributed by atoms with Crippen LogP contribution in [0.5, 0.6) is 0 Å². The number of thiocarbonyl (C=S) groups is 1. The molecule has 1 atom stereocenters. The normalized spacial score (nSPS) is 19.1. The van der Waals surface area contributed by atoms with E-state index >= 15 is 0 Å². The molecule has 2 amide bonds. The molecule has 1 N–H and O–H groups in total. The number of aliphatic imine (C=N–C) groups is 1. The molecule has 0 spiro atoms. The molecule has 24 heavy (non-hydrogen) atoms. The summed E-state index contributed by atoms with van der Waals surface area (Å²) in [7, 11) is 0. The first kappa shape index (κ1) is 16.3. The van der Waals surface area contributed by atoms with Crippen LogP contribution in [0, 0.1) is 12.8 Å². The number of hydrogen-bond acceptors (Lipinski definition) is 3. The lowest BCUT2D eigenvalue weighted by atomic mass is 9.95. The van der Waals surface area contributed by atoms with E-state index in [4.69, 9.17) is 12.2 Å². The lowest BCUT2D eigenvalue weighted by Crippen LogP contribution is -2.46. The molecule has 6 heteroatoms. The molecule has 1 heterocycles. The summed E-state index contributed by atoms with van der Waals surface area (Å²) in [5.74, 6) is -0.694. The topological polar surface area (TPSA) is 61.8 Å². The van der Waals surface area contributed by atoms with Crippen LogP contribution in [0.2, 0.25) is 0 Å². The van der Waals surface area contributed by atoms with Gasteiger partial charge < -0.3 is 5.32 Å². The number of nitrogens with one attached hydrogen (secondary N) is 1. The predicted molar refractivity (Wildman–Crippen MR) is 97.9 cm³/mol. The van der Waals surface area contributed by atoms with Gasteiger partial charge in [-0.3, -0.25) is 14.5 Å². The fourth-order valence-electron chi connectivity index (χ4n) is 2.65. The number of hydrogen-bond donors (Lipinski definition) is 1. The second-order valence-corrected chi connectivity index (χ2v) is 6.06. The van der Waals surface area contributed by atoms with Crippen LogP contribution in [0.3, 0.4) is 0 Å². The molecule has 0 radical (unpaired) electrons. The summed E-state index contributed by atoms with van der Waals surface area (Å²) in [5.41, 5.74) is 2.47. The third-order valence-corrected chi connectivity index (χ3v) is 4.16. The average molecular weight is 339 g/mol. The minimum atomic E-state index is -0.401. The highest BCUT2D eigenvalue weighted by molar-refractivity contribution is 7.80. The van der Waals surface area contributed by atoms with Crippen molar-refractivity contribution in [2.24, 2.45) is 10.9 Å². The van der Waals surface area contributed by atoms with E-state index in [9.17, 15) is 9.59 Å². The Hall–Kier alpha value is -2.60. The van der Waals surface area contributed by atoms with Crippen molar-refractivity contribution >= 4 is 40.5 Å². The highest BCUT2D eigenvalue weighted by Crippen LogP contribution is 2.20. The Morgan fingerprint density at radius 2 is 2.21 bits per heavy atom. The molecule has 0 fully saturated rings. The van der Waals surface area contributed by atoms with Gasteiger partial charge in [-0.2, -0.15) is 0 Å².